The van der Waals surface area contributed by atoms with Crippen LogP contribution >= 0.6 is 0 Å². The second-order valence-corrected chi connectivity index (χ2v) is 5.36. The van der Waals surface area contributed by atoms with Crippen LogP contribution in [-0.4, -0.2) is 20.6 Å². The molecule has 1 aromatic rings. The minimum absolute atomic E-state index is 0.119. The molecule has 88 valence electrons. The van der Waals surface area contributed by atoms with Crippen molar-refractivity contribution in [1.29, 1.82) is 0 Å². The molecule has 1 atom stereocenters. The smallest absolute Gasteiger partial charge is 0.264 e. The monoisotopic (exact) mass is 242 g/mol. The van der Waals surface area contributed by atoms with Crippen molar-refractivity contribution in [3.8, 4) is 0 Å². The Labute approximate surface area is 94.7 Å². The summed E-state index contributed by atoms with van der Waals surface area (Å²) in [6.45, 7) is 1.82. The first kappa shape index (κ1) is 12.7. The van der Waals surface area contributed by atoms with Gasteiger partial charge < -0.3 is 5.73 Å². The molecule has 16 heavy (non-hydrogen) atoms. The summed E-state index contributed by atoms with van der Waals surface area (Å²) >= 11 is 0. The highest BCUT2D eigenvalue weighted by molar-refractivity contribution is 7.89. The van der Waals surface area contributed by atoms with Crippen LogP contribution in [0.15, 0.2) is 24.3 Å². The third kappa shape index (κ3) is 3.63. The number of amides is 1. The van der Waals surface area contributed by atoms with Crippen LogP contribution in [0.5, 0.6) is 0 Å². The van der Waals surface area contributed by atoms with E-state index in [-0.39, 0.29) is 11.6 Å². The van der Waals surface area contributed by atoms with E-state index in [9.17, 15) is 13.2 Å². The van der Waals surface area contributed by atoms with Gasteiger partial charge in [-0.05, 0) is 24.6 Å². The van der Waals surface area contributed by atoms with Crippen molar-refractivity contribution in [2.75, 3.05) is 6.26 Å². The minimum Gasteiger partial charge on any atom is -0.324 e. The Hall–Kier alpha value is -1.40. The molecule has 1 aromatic carbocycles. The highest BCUT2D eigenvalue weighted by Gasteiger charge is 2.10. The first-order valence-corrected chi connectivity index (χ1v) is 6.56. The van der Waals surface area contributed by atoms with Crippen molar-refractivity contribution in [1.82, 2.24) is 4.72 Å². The van der Waals surface area contributed by atoms with Crippen LogP contribution < -0.4 is 10.5 Å². The molecule has 0 radical (unpaired) electrons. The van der Waals surface area contributed by atoms with E-state index in [1.807, 2.05) is 11.6 Å². The van der Waals surface area contributed by atoms with Crippen LogP contribution in [0.1, 0.15) is 28.9 Å². The van der Waals surface area contributed by atoms with E-state index >= 15 is 0 Å². The van der Waals surface area contributed by atoms with Crippen LogP contribution in [0.4, 0.5) is 0 Å². The van der Waals surface area contributed by atoms with Crippen molar-refractivity contribution in [3.05, 3.63) is 35.4 Å². The molecule has 1 rings (SSSR count). The second-order valence-electron chi connectivity index (χ2n) is 3.61. The average molecular weight is 242 g/mol. The fraction of sp³-hybridized carbons (Fsp3) is 0.300. The van der Waals surface area contributed by atoms with Crippen molar-refractivity contribution < 1.29 is 13.2 Å². The van der Waals surface area contributed by atoms with Gasteiger partial charge in [-0.15, -0.1) is 0 Å². The molecular weight excluding hydrogens is 228 g/mol. The third-order valence-electron chi connectivity index (χ3n) is 1.98. The third-order valence-corrected chi connectivity index (χ3v) is 2.53. The molecular formula is C10H14N2O3S. The fourth-order valence-electron chi connectivity index (χ4n) is 1.17. The van der Waals surface area contributed by atoms with Crippen LogP contribution in [0.3, 0.4) is 0 Å². The molecule has 0 spiro atoms. The normalized spacial score (nSPS) is 13.2. The summed E-state index contributed by atoms with van der Waals surface area (Å²) in [5, 5.41) is 0. The number of hydrogen-bond donors (Lipinski definition) is 2. The number of nitrogens with two attached hydrogens (primary N) is 1. The second kappa shape index (κ2) is 4.63. The maximum Gasteiger partial charge on any atom is 0.264 e. The Kier molecular flexibility index (Phi) is 3.66. The summed E-state index contributed by atoms with van der Waals surface area (Å²) in [6.07, 6.45) is 0.932. The highest BCUT2D eigenvalue weighted by Crippen LogP contribution is 2.10. The number of rotatable bonds is 3. The van der Waals surface area contributed by atoms with E-state index in [1.165, 1.54) is 0 Å². The lowest BCUT2D eigenvalue weighted by Crippen LogP contribution is -2.29. The van der Waals surface area contributed by atoms with Gasteiger partial charge in [0, 0.05) is 11.6 Å². The first-order valence-electron chi connectivity index (χ1n) is 4.67. The van der Waals surface area contributed by atoms with E-state index in [0.717, 1.165) is 11.8 Å². The quantitative estimate of drug-likeness (QED) is 0.802. The largest absolute Gasteiger partial charge is 0.324 e. The van der Waals surface area contributed by atoms with E-state index < -0.39 is 15.9 Å². The van der Waals surface area contributed by atoms with E-state index in [0.29, 0.717) is 0 Å². The molecule has 0 aliphatic rings. The van der Waals surface area contributed by atoms with Gasteiger partial charge in [0.15, 0.2) is 0 Å². The molecule has 5 nitrogen and oxygen atoms in total. The molecule has 0 saturated heterocycles. The number of carbonyl (C=O) groups excluding carboxylic acids is 1. The van der Waals surface area contributed by atoms with Gasteiger partial charge in [-0.3, -0.25) is 4.79 Å². The maximum absolute atomic E-state index is 11.4. The predicted molar refractivity (Wildman–Crippen MR) is 61.4 cm³/mol. The van der Waals surface area contributed by atoms with Crippen LogP contribution in [-0.2, 0) is 10.0 Å². The van der Waals surface area contributed by atoms with Gasteiger partial charge >= 0.3 is 0 Å². The number of nitrogens with one attached hydrogen (secondary N) is 1. The highest BCUT2D eigenvalue weighted by atomic mass is 32.2. The predicted octanol–water partition coefficient (Wildman–Crippen LogP) is 0.396. The van der Waals surface area contributed by atoms with Crippen molar-refractivity contribution in [2.45, 2.75) is 13.0 Å². The van der Waals surface area contributed by atoms with Crippen LogP contribution in [0.2, 0.25) is 0 Å². The van der Waals surface area contributed by atoms with Crippen LogP contribution in [0.25, 0.3) is 0 Å². The lowest BCUT2D eigenvalue weighted by molar-refractivity contribution is 0.0981. The zero-order valence-corrected chi connectivity index (χ0v) is 9.91. The standard InChI is InChI=1S/C10H14N2O3S/c1-7(11)8-3-5-9(6-4-8)10(13)12-16(2,14)15/h3-7H,11H2,1-2H3,(H,12,13). The van der Waals surface area contributed by atoms with Crippen molar-refractivity contribution >= 4 is 15.9 Å². The topological polar surface area (TPSA) is 89.3 Å². The molecule has 0 aliphatic heterocycles. The van der Waals surface area contributed by atoms with Crippen molar-refractivity contribution in [3.63, 3.8) is 0 Å². The van der Waals surface area contributed by atoms with E-state index in [4.69, 9.17) is 5.73 Å². The molecule has 0 saturated carbocycles. The number of hydrogen-bond acceptors (Lipinski definition) is 4. The van der Waals surface area contributed by atoms with Gasteiger partial charge in [-0.1, -0.05) is 12.1 Å². The zero-order valence-electron chi connectivity index (χ0n) is 9.10. The Morgan fingerprint density at radius 2 is 1.81 bits per heavy atom. The minimum atomic E-state index is -3.52. The Morgan fingerprint density at radius 3 is 2.19 bits per heavy atom. The number of benzene rings is 1. The maximum atomic E-state index is 11.4. The first-order chi connectivity index (χ1) is 7.29. The summed E-state index contributed by atoms with van der Waals surface area (Å²) in [6, 6.07) is 6.36. The Morgan fingerprint density at radius 1 is 1.31 bits per heavy atom. The molecule has 1 amide bonds. The van der Waals surface area contributed by atoms with Gasteiger partial charge in [-0.25, -0.2) is 13.1 Å². The lowest BCUT2D eigenvalue weighted by Gasteiger charge is -2.06. The van der Waals surface area contributed by atoms with Crippen LogP contribution in [0, 0.1) is 0 Å². The summed E-state index contributed by atoms with van der Waals surface area (Å²) in [7, 11) is -3.52. The number of carbonyl (C=O) groups is 1. The molecule has 1 unspecified atom stereocenters. The Bertz CT molecular complexity index is 477. The van der Waals surface area contributed by atoms with E-state index in [1.54, 1.807) is 24.3 Å². The molecule has 0 fully saturated rings. The molecule has 0 aromatic heterocycles. The summed E-state index contributed by atoms with van der Waals surface area (Å²) < 4.78 is 23.6. The zero-order chi connectivity index (χ0) is 12.3. The van der Waals surface area contributed by atoms with Gasteiger partial charge in [0.05, 0.1) is 6.26 Å². The average Bonchev–Trinajstić information content (AvgIpc) is 2.15. The SMILES string of the molecule is CC(N)c1ccc(C(=O)NS(C)(=O)=O)cc1. The Balaban J connectivity index is 2.86. The summed E-state index contributed by atoms with van der Waals surface area (Å²) in [5.74, 6) is -0.640. The van der Waals surface area contributed by atoms with Crippen molar-refractivity contribution in [2.24, 2.45) is 5.73 Å². The molecule has 3 N–H and O–H groups in total. The molecule has 6 heteroatoms. The summed E-state index contributed by atoms with van der Waals surface area (Å²) in [5.41, 5.74) is 6.82. The summed E-state index contributed by atoms with van der Waals surface area (Å²) in [4.78, 5) is 11.4. The molecule has 0 heterocycles. The van der Waals surface area contributed by atoms with Gasteiger partial charge in [-0.2, -0.15) is 0 Å². The molecule has 0 bridgehead atoms. The van der Waals surface area contributed by atoms with Gasteiger partial charge in [0.1, 0.15) is 0 Å². The van der Waals surface area contributed by atoms with Gasteiger partial charge in [0.2, 0.25) is 10.0 Å². The molecule has 0 aliphatic carbocycles. The lowest BCUT2D eigenvalue weighted by atomic mass is 10.1. The fourth-order valence-corrected chi connectivity index (χ4v) is 1.62. The van der Waals surface area contributed by atoms with Gasteiger partial charge in [0.25, 0.3) is 5.91 Å². The number of sulfonamides is 1. The van der Waals surface area contributed by atoms with E-state index in [2.05, 4.69) is 0 Å².